The van der Waals surface area contributed by atoms with Crippen LogP contribution in [-0.4, -0.2) is 17.8 Å². The summed E-state index contributed by atoms with van der Waals surface area (Å²) >= 11 is 0. The number of hydrogen-bond donors (Lipinski definition) is 2. The number of aryl methyl sites for hydroxylation is 2. The van der Waals surface area contributed by atoms with Crippen LogP contribution >= 0.6 is 0 Å². The second-order valence-electron chi connectivity index (χ2n) is 4.66. The molecule has 0 saturated carbocycles. The third kappa shape index (κ3) is 3.62. The minimum Gasteiger partial charge on any atom is -0.396 e. The Kier molecular flexibility index (Phi) is 4.97. The van der Waals surface area contributed by atoms with Crippen LogP contribution in [0.15, 0.2) is 18.2 Å². The molecule has 90 valence electrons. The van der Waals surface area contributed by atoms with Gasteiger partial charge in [-0.15, -0.1) is 0 Å². The van der Waals surface area contributed by atoms with Crippen LogP contribution in [0.5, 0.6) is 0 Å². The van der Waals surface area contributed by atoms with E-state index in [1.165, 1.54) is 16.7 Å². The van der Waals surface area contributed by atoms with Crippen LogP contribution in [0.25, 0.3) is 0 Å². The molecule has 0 saturated heterocycles. The van der Waals surface area contributed by atoms with Crippen LogP contribution in [0.1, 0.15) is 43.0 Å². The predicted molar refractivity (Wildman–Crippen MR) is 68.6 cm³/mol. The highest BCUT2D eigenvalue weighted by Gasteiger charge is 2.10. The van der Waals surface area contributed by atoms with Crippen molar-refractivity contribution in [2.75, 3.05) is 6.61 Å². The molecule has 0 aliphatic heterocycles. The van der Waals surface area contributed by atoms with Crippen LogP contribution in [0.3, 0.4) is 0 Å². The van der Waals surface area contributed by atoms with E-state index in [-0.39, 0.29) is 6.61 Å². The van der Waals surface area contributed by atoms with Crippen LogP contribution in [0.4, 0.5) is 0 Å². The summed E-state index contributed by atoms with van der Waals surface area (Å²) in [7, 11) is 0. The standard InChI is InChI=1S/C14H23NO/c1-10-5-6-14(11(2)9-10)13(4)15-12(3)7-8-16/h5-6,9,12-13,15-16H,7-8H2,1-4H3/t12-,13?/m1/s1. The number of hydrogen-bond acceptors (Lipinski definition) is 2. The summed E-state index contributed by atoms with van der Waals surface area (Å²) in [6.45, 7) is 8.79. The Balaban J connectivity index is 2.69. The van der Waals surface area contributed by atoms with Gasteiger partial charge in [0, 0.05) is 18.7 Å². The molecule has 0 aromatic heterocycles. The molecule has 1 aromatic carbocycles. The largest absolute Gasteiger partial charge is 0.396 e. The molecule has 2 N–H and O–H groups in total. The molecule has 1 rings (SSSR count). The van der Waals surface area contributed by atoms with Crippen molar-refractivity contribution in [3.63, 3.8) is 0 Å². The minimum atomic E-state index is 0.244. The fraction of sp³-hybridized carbons (Fsp3) is 0.571. The molecular formula is C14H23NO. The van der Waals surface area contributed by atoms with Crippen molar-refractivity contribution in [2.45, 2.75) is 46.2 Å². The first-order valence-electron chi connectivity index (χ1n) is 5.98. The summed E-state index contributed by atoms with van der Waals surface area (Å²) in [6.07, 6.45) is 0.801. The van der Waals surface area contributed by atoms with Gasteiger partial charge in [-0.05, 0) is 45.2 Å². The topological polar surface area (TPSA) is 32.3 Å². The second kappa shape index (κ2) is 6.02. The van der Waals surface area contributed by atoms with E-state index >= 15 is 0 Å². The molecule has 0 aliphatic rings. The van der Waals surface area contributed by atoms with Crippen molar-refractivity contribution in [3.05, 3.63) is 34.9 Å². The molecule has 2 heteroatoms. The summed E-state index contributed by atoms with van der Waals surface area (Å²) < 4.78 is 0. The lowest BCUT2D eigenvalue weighted by atomic mass is 9.99. The molecule has 0 aliphatic carbocycles. The average molecular weight is 221 g/mol. The van der Waals surface area contributed by atoms with Gasteiger partial charge in [0.15, 0.2) is 0 Å². The molecule has 0 spiro atoms. The van der Waals surface area contributed by atoms with Gasteiger partial charge in [-0.3, -0.25) is 0 Å². The maximum absolute atomic E-state index is 8.87. The Bertz CT molecular complexity index is 336. The molecule has 2 atom stereocenters. The van der Waals surface area contributed by atoms with E-state index in [0.29, 0.717) is 12.1 Å². The van der Waals surface area contributed by atoms with E-state index in [9.17, 15) is 0 Å². The first-order chi connectivity index (χ1) is 7.54. The smallest absolute Gasteiger partial charge is 0.0445 e. The van der Waals surface area contributed by atoms with E-state index in [0.717, 1.165) is 6.42 Å². The number of rotatable bonds is 5. The third-order valence-corrected chi connectivity index (χ3v) is 2.99. The Labute approximate surface area is 98.7 Å². The number of aliphatic hydroxyl groups excluding tert-OH is 1. The number of nitrogens with one attached hydrogen (secondary N) is 1. The highest BCUT2D eigenvalue weighted by Crippen LogP contribution is 2.19. The van der Waals surface area contributed by atoms with E-state index in [1.807, 2.05) is 0 Å². The quantitative estimate of drug-likeness (QED) is 0.801. The molecule has 0 fully saturated rings. The maximum Gasteiger partial charge on any atom is 0.0445 e. The van der Waals surface area contributed by atoms with Crippen LogP contribution in [0, 0.1) is 13.8 Å². The highest BCUT2D eigenvalue weighted by atomic mass is 16.3. The zero-order chi connectivity index (χ0) is 12.1. The van der Waals surface area contributed by atoms with Crippen molar-refractivity contribution in [1.82, 2.24) is 5.32 Å². The van der Waals surface area contributed by atoms with Gasteiger partial charge in [0.1, 0.15) is 0 Å². The van der Waals surface area contributed by atoms with Crippen molar-refractivity contribution >= 4 is 0 Å². The molecule has 1 unspecified atom stereocenters. The highest BCUT2D eigenvalue weighted by molar-refractivity contribution is 5.32. The summed E-state index contributed by atoms with van der Waals surface area (Å²) in [5, 5.41) is 12.4. The molecule has 0 radical (unpaired) electrons. The number of benzene rings is 1. The summed E-state index contributed by atoms with van der Waals surface area (Å²) in [5.41, 5.74) is 3.98. The molecular weight excluding hydrogens is 198 g/mol. The fourth-order valence-electron chi connectivity index (χ4n) is 2.11. The van der Waals surface area contributed by atoms with Crippen LogP contribution in [-0.2, 0) is 0 Å². The molecule has 2 nitrogen and oxygen atoms in total. The lowest BCUT2D eigenvalue weighted by Gasteiger charge is -2.21. The van der Waals surface area contributed by atoms with Crippen LogP contribution < -0.4 is 5.32 Å². The second-order valence-corrected chi connectivity index (χ2v) is 4.66. The van der Waals surface area contributed by atoms with Gasteiger partial charge in [0.05, 0.1) is 0 Å². The normalized spacial score (nSPS) is 14.8. The van der Waals surface area contributed by atoms with E-state index in [4.69, 9.17) is 5.11 Å². The fourth-order valence-corrected chi connectivity index (χ4v) is 2.11. The van der Waals surface area contributed by atoms with Gasteiger partial charge in [-0.2, -0.15) is 0 Å². The Morgan fingerprint density at radius 3 is 2.50 bits per heavy atom. The minimum absolute atomic E-state index is 0.244. The lowest BCUT2D eigenvalue weighted by molar-refractivity contribution is 0.264. The number of aliphatic hydroxyl groups is 1. The van der Waals surface area contributed by atoms with E-state index < -0.39 is 0 Å². The van der Waals surface area contributed by atoms with E-state index in [1.54, 1.807) is 0 Å². The third-order valence-electron chi connectivity index (χ3n) is 2.99. The van der Waals surface area contributed by atoms with Crippen molar-refractivity contribution in [2.24, 2.45) is 0 Å². The van der Waals surface area contributed by atoms with Gasteiger partial charge in [-0.1, -0.05) is 23.8 Å². The summed E-state index contributed by atoms with van der Waals surface area (Å²) in [4.78, 5) is 0. The van der Waals surface area contributed by atoms with Crippen LogP contribution in [0.2, 0.25) is 0 Å². The van der Waals surface area contributed by atoms with Gasteiger partial charge in [0.25, 0.3) is 0 Å². The summed E-state index contributed by atoms with van der Waals surface area (Å²) in [6, 6.07) is 7.23. The summed E-state index contributed by atoms with van der Waals surface area (Å²) in [5.74, 6) is 0. The zero-order valence-corrected chi connectivity index (χ0v) is 10.7. The molecule has 0 bridgehead atoms. The SMILES string of the molecule is Cc1ccc(C(C)N[C@H](C)CCO)c(C)c1. The molecule has 0 amide bonds. The molecule has 1 aromatic rings. The molecule has 16 heavy (non-hydrogen) atoms. The van der Waals surface area contributed by atoms with Gasteiger partial charge < -0.3 is 10.4 Å². The van der Waals surface area contributed by atoms with Crippen molar-refractivity contribution in [1.29, 1.82) is 0 Å². The van der Waals surface area contributed by atoms with Crippen molar-refractivity contribution in [3.8, 4) is 0 Å². The van der Waals surface area contributed by atoms with E-state index in [2.05, 4.69) is 51.2 Å². The Morgan fingerprint density at radius 2 is 1.94 bits per heavy atom. The van der Waals surface area contributed by atoms with Gasteiger partial charge >= 0.3 is 0 Å². The Morgan fingerprint density at radius 1 is 1.25 bits per heavy atom. The van der Waals surface area contributed by atoms with Gasteiger partial charge in [-0.25, -0.2) is 0 Å². The lowest BCUT2D eigenvalue weighted by Crippen LogP contribution is -2.30. The Hall–Kier alpha value is -0.860. The van der Waals surface area contributed by atoms with Gasteiger partial charge in [0.2, 0.25) is 0 Å². The van der Waals surface area contributed by atoms with Crippen molar-refractivity contribution < 1.29 is 5.11 Å². The first-order valence-corrected chi connectivity index (χ1v) is 5.98. The molecule has 0 heterocycles. The predicted octanol–water partition coefficient (Wildman–Crippen LogP) is 2.72. The zero-order valence-electron chi connectivity index (χ0n) is 10.7. The maximum atomic E-state index is 8.87. The monoisotopic (exact) mass is 221 g/mol. The average Bonchev–Trinajstić information content (AvgIpc) is 2.17. The first kappa shape index (κ1) is 13.2.